The van der Waals surface area contributed by atoms with Crippen LogP contribution in [0.2, 0.25) is 0 Å². The Bertz CT molecular complexity index is 387. The van der Waals surface area contributed by atoms with Gasteiger partial charge in [0.2, 0.25) is 5.88 Å². The number of methoxy groups -OCH3 is 1. The topological polar surface area (TPSA) is 46.6 Å². The fraction of sp³-hybridized carbons (Fsp3) is 0.643. The fourth-order valence-corrected chi connectivity index (χ4v) is 2.25. The molecule has 1 unspecified atom stereocenters. The second-order valence-corrected chi connectivity index (χ2v) is 4.66. The molecule has 1 fully saturated rings. The molecular formula is C14H23N3O2. The number of aromatic nitrogens is 1. The Morgan fingerprint density at radius 3 is 3.21 bits per heavy atom. The van der Waals surface area contributed by atoms with E-state index >= 15 is 0 Å². The number of pyridine rings is 1. The molecule has 1 N–H and O–H groups in total. The number of nitrogens with zero attached hydrogens (tertiary/aromatic N) is 2. The highest BCUT2D eigenvalue weighted by Gasteiger charge is 2.23. The summed E-state index contributed by atoms with van der Waals surface area (Å²) < 4.78 is 10.8. The van der Waals surface area contributed by atoms with Gasteiger partial charge in [-0.15, -0.1) is 0 Å². The lowest BCUT2D eigenvalue weighted by molar-refractivity contribution is 0.0933. The van der Waals surface area contributed by atoms with Crippen molar-refractivity contribution in [2.45, 2.75) is 19.4 Å². The molecule has 0 radical (unpaired) electrons. The van der Waals surface area contributed by atoms with Crippen molar-refractivity contribution in [1.82, 2.24) is 10.3 Å². The van der Waals surface area contributed by atoms with E-state index in [-0.39, 0.29) is 0 Å². The standard InChI is InChI=1S/C14H23N3O2/c1-3-7-15-10-12-11-19-9-8-17(12)13-5-4-6-14(16-13)18-2/h4-6,12,15H,3,7-11H2,1-2H3. The lowest BCUT2D eigenvalue weighted by Gasteiger charge is -2.36. The summed E-state index contributed by atoms with van der Waals surface area (Å²) in [6, 6.07) is 6.21. The third kappa shape index (κ3) is 3.81. The molecule has 5 heteroatoms. The molecule has 1 aromatic rings. The number of morpholine rings is 1. The zero-order chi connectivity index (χ0) is 13.5. The van der Waals surface area contributed by atoms with Crippen molar-refractivity contribution in [3.63, 3.8) is 0 Å². The molecule has 0 aliphatic carbocycles. The van der Waals surface area contributed by atoms with Crippen molar-refractivity contribution in [3.8, 4) is 5.88 Å². The quantitative estimate of drug-likeness (QED) is 0.786. The van der Waals surface area contributed by atoms with Crippen LogP contribution in [0.15, 0.2) is 18.2 Å². The summed E-state index contributed by atoms with van der Waals surface area (Å²) in [5.74, 6) is 1.62. The first kappa shape index (κ1) is 14.1. The highest BCUT2D eigenvalue weighted by atomic mass is 16.5. The molecule has 0 aromatic carbocycles. The van der Waals surface area contributed by atoms with Gasteiger partial charge in [-0.3, -0.25) is 0 Å². The Balaban J connectivity index is 2.05. The molecule has 0 amide bonds. The molecule has 1 atom stereocenters. The van der Waals surface area contributed by atoms with Crippen LogP contribution in [0.4, 0.5) is 5.82 Å². The van der Waals surface area contributed by atoms with Crippen LogP contribution in [0.3, 0.4) is 0 Å². The third-order valence-corrected chi connectivity index (χ3v) is 3.25. The van der Waals surface area contributed by atoms with Crippen molar-refractivity contribution < 1.29 is 9.47 Å². The molecule has 1 aromatic heterocycles. The van der Waals surface area contributed by atoms with Crippen LogP contribution < -0.4 is 15.0 Å². The van der Waals surface area contributed by atoms with E-state index in [2.05, 4.69) is 22.1 Å². The van der Waals surface area contributed by atoms with Crippen LogP contribution in [0.1, 0.15) is 13.3 Å². The first-order valence-electron chi connectivity index (χ1n) is 6.91. The van der Waals surface area contributed by atoms with Crippen molar-refractivity contribution in [2.24, 2.45) is 0 Å². The lowest BCUT2D eigenvalue weighted by atomic mass is 10.2. The first-order valence-corrected chi connectivity index (χ1v) is 6.91. The minimum atomic E-state index is 0.333. The lowest BCUT2D eigenvalue weighted by Crippen LogP contribution is -2.51. The smallest absolute Gasteiger partial charge is 0.214 e. The van der Waals surface area contributed by atoms with E-state index in [1.54, 1.807) is 7.11 Å². The van der Waals surface area contributed by atoms with Gasteiger partial charge in [0.05, 0.1) is 26.4 Å². The van der Waals surface area contributed by atoms with Crippen LogP contribution in [0.5, 0.6) is 5.88 Å². The van der Waals surface area contributed by atoms with Crippen LogP contribution in [-0.4, -0.2) is 51.0 Å². The summed E-state index contributed by atoms with van der Waals surface area (Å²) in [6.45, 7) is 6.51. The van der Waals surface area contributed by atoms with E-state index in [1.165, 1.54) is 0 Å². The molecule has 0 bridgehead atoms. The normalized spacial score (nSPS) is 19.5. The summed E-state index contributed by atoms with van der Waals surface area (Å²) in [6.07, 6.45) is 1.14. The minimum absolute atomic E-state index is 0.333. The van der Waals surface area contributed by atoms with Gasteiger partial charge >= 0.3 is 0 Å². The SMILES string of the molecule is CCCNCC1COCCN1c1cccc(OC)n1. The van der Waals surface area contributed by atoms with Gasteiger partial charge in [0.25, 0.3) is 0 Å². The van der Waals surface area contributed by atoms with E-state index in [0.29, 0.717) is 11.9 Å². The zero-order valence-corrected chi connectivity index (χ0v) is 11.8. The number of rotatable bonds is 6. The minimum Gasteiger partial charge on any atom is -0.481 e. The Hall–Kier alpha value is -1.33. The Labute approximate surface area is 114 Å². The number of ether oxygens (including phenoxy) is 2. The first-order chi connectivity index (χ1) is 9.35. The van der Waals surface area contributed by atoms with E-state index in [0.717, 1.165) is 45.1 Å². The van der Waals surface area contributed by atoms with Gasteiger partial charge in [0.15, 0.2) is 0 Å². The molecule has 0 saturated carbocycles. The number of hydrogen-bond donors (Lipinski definition) is 1. The van der Waals surface area contributed by atoms with Crippen molar-refractivity contribution >= 4 is 5.82 Å². The maximum Gasteiger partial charge on any atom is 0.214 e. The molecular weight excluding hydrogens is 242 g/mol. The van der Waals surface area contributed by atoms with Crippen molar-refractivity contribution in [2.75, 3.05) is 44.9 Å². The van der Waals surface area contributed by atoms with E-state index in [1.807, 2.05) is 18.2 Å². The van der Waals surface area contributed by atoms with Gasteiger partial charge in [-0.05, 0) is 19.0 Å². The maximum atomic E-state index is 5.58. The molecule has 1 saturated heterocycles. The monoisotopic (exact) mass is 265 g/mol. The number of nitrogens with one attached hydrogen (secondary N) is 1. The third-order valence-electron chi connectivity index (χ3n) is 3.25. The van der Waals surface area contributed by atoms with E-state index in [4.69, 9.17) is 9.47 Å². The molecule has 5 nitrogen and oxygen atoms in total. The van der Waals surface area contributed by atoms with Gasteiger partial charge in [-0.25, -0.2) is 0 Å². The summed E-state index contributed by atoms with van der Waals surface area (Å²) in [5.41, 5.74) is 0. The molecule has 2 heterocycles. The van der Waals surface area contributed by atoms with Crippen molar-refractivity contribution in [3.05, 3.63) is 18.2 Å². The van der Waals surface area contributed by atoms with Gasteiger partial charge < -0.3 is 19.7 Å². The second kappa shape index (κ2) is 7.31. The largest absolute Gasteiger partial charge is 0.481 e. The number of anilines is 1. The molecule has 19 heavy (non-hydrogen) atoms. The fourth-order valence-electron chi connectivity index (χ4n) is 2.25. The van der Waals surface area contributed by atoms with E-state index < -0.39 is 0 Å². The van der Waals surface area contributed by atoms with Crippen molar-refractivity contribution in [1.29, 1.82) is 0 Å². The molecule has 0 spiro atoms. The Morgan fingerprint density at radius 2 is 2.42 bits per heavy atom. The summed E-state index contributed by atoms with van der Waals surface area (Å²) >= 11 is 0. The highest BCUT2D eigenvalue weighted by Crippen LogP contribution is 2.19. The molecule has 2 rings (SSSR count). The summed E-state index contributed by atoms with van der Waals surface area (Å²) in [5, 5.41) is 3.45. The van der Waals surface area contributed by atoms with Gasteiger partial charge in [-0.1, -0.05) is 13.0 Å². The highest BCUT2D eigenvalue weighted by molar-refractivity contribution is 5.42. The second-order valence-electron chi connectivity index (χ2n) is 4.66. The van der Waals surface area contributed by atoms with Crippen LogP contribution in [-0.2, 0) is 4.74 Å². The van der Waals surface area contributed by atoms with Gasteiger partial charge in [-0.2, -0.15) is 4.98 Å². The van der Waals surface area contributed by atoms with Crippen LogP contribution >= 0.6 is 0 Å². The van der Waals surface area contributed by atoms with Crippen LogP contribution in [0.25, 0.3) is 0 Å². The predicted octanol–water partition coefficient (Wildman–Crippen LogP) is 1.29. The molecule has 106 valence electrons. The summed E-state index contributed by atoms with van der Waals surface area (Å²) in [7, 11) is 1.64. The zero-order valence-electron chi connectivity index (χ0n) is 11.8. The Morgan fingerprint density at radius 1 is 1.53 bits per heavy atom. The Kier molecular flexibility index (Phi) is 5.42. The van der Waals surface area contributed by atoms with Crippen LogP contribution in [0, 0.1) is 0 Å². The average Bonchev–Trinajstić information content (AvgIpc) is 2.48. The van der Waals surface area contributed by atoms with E-state index in [9.17, 15) is 0 Å². The average molecular weight is 265 g/mol. The number of hydrogen-bond acceptors (Lipinski definition) is 5. The summed E-state index contributed by atoms with van der Waals surface area (Å²) in [4.78, 5) is 6.81. The predicted molar refractivity (Wildman–Crippen MR) is 75.9 cm³/mol. The maximum absolute atomic E-state index is 5.58. The van der Waals surface area contributed by atoms with Gasteiger partial charge in [0, 0.05) is 19.2 Å². The molecule has 1 aliphatic heterocycles. The molecule has 1 aliphatic rings. The van der Waals surface area contributed by atoms with Gasteiger partial charge in [0.1, 0.15) is 5.82 Å².